The molecule has 0 radical (unpaired) electrons. The zero-order valence-corrected chi connectivity index (χ0v) is 15.0. The lowest BCUT2D eigenvalue weighted by atomic mass is 10.2. The van der Waals surface area contributed by atoms with Crippen molar-refractivity contribution in [2.24, 2.45) is 0 Å². The number of fused-ring (bicyclic) bond motifs is 2. The zero-order valence-electron chi connectivity index (χ0n) is 14.1. The molecule has 0 spiro atoms. The van der Waals surface area contributed by atoms with E-state index < -0.39 is 0 Å². The molecule has 0 unspecified atom stereocenters. The quantitative estimate of drug-likeness (QED) is 0.465. The first kappa shape index (κ1) is 15.7. The summed E-state index contributed by atoms with van der Waals surface area (Å²) in [5, 5.41) is 7.58. The van der Waals surface area contributed by atoms with Crippen molar-refractivity contribution < 1.29 is 4.79 Å². The summed E-state index contributed by atoms with van der Waals surface area (Å²) in [5.74, 6) is -0.244. The van der Waals surface area contributed by atoms with Crippen molar-refractivity contribution in [3.63, 3.8) is 0 Å². The third-order valence-corrected chi connectivity index (χ3v) is 5.25. The van der Waals surface area contributed by atoms with Crippen LogP contribution in [0.3, 0.4) is 0 Å². The number of carbonyl (C=O) groups excluding carboxylic acids is 1. The first-order valence-corrected chi connectivity index (χ1v) is 9.35. The number of amides is 1. The highest BCUT2D eigenvalue weighted by atomic mass is 32.1. The number of anilines is 1. The predicted molar refractivity (Wildman–Crippen MR) is 109 cm³/mol. The Balaban J connectivity index is 1.44. The summed E-state index contributed by atoms with van der Waals surface area (Å²) in [7, 11) is 0. The van der Waals surface area contributed by atoms with E-state index in [0.717, 1.165) is 32.5 Å². The molecule has 6 heteroatoms. The Bertz CT molecular complexity index is 1250. The number of hydrogen-bond acceptors (Lipinski definition) is 4. The van der Waals surface area contributed by atoms with E-state index in [4.69, 9.17) is 0 Å². The third-order valence-electron chi connectivity index (χ3n) is 4.38. The van der Waals surface area contributed by atoms with Crippen LogP contribution in [0.5, 0.6) is 0 Å². The molecule has 0 aliphatic heterocycles. The van der Waals surface area contributed by atoms with E-state index in [1.165, 1.54) is 11.3 Å². The highest BCUT2D eigenvalue weighted by Crippen LogP contribution is 2.27. The molecule has 3 aromatic heterocycles. The van der Waals surface area contributed by atoms with Crippen molar-refractivity contribution in [3.05, 3.63) is 77.9 Å². The van der Waals surface area contributed by atoms with E-state index >= 15 is 0 Å². The first-order valence-electron chi connectivity index (χ1n) is 8.47. The van der Waals surface area contributed by atoms with Crippen LogP contribution in [0.25, 0.3) is 32.5 Å². The van der Waals surface area contributed by atoms with Gasteiger partial charge < -0.3 is 10.3 Å². The van der Waals surface area contributed by atoms with E-state index in [9.17, 15) is 4.79 Å². The summed E-state index contributed by atoms with van der Waals surface area (Å²) in [4.78, 5) is 24.9. The van der Waals surface area contributed by atoms with Crippen LogP contribution in [0.15, 0.2) is 72.2 Å². The van der Waals surface area contributed by atoms with Gasteiger partial charge in [0.05, 0.1) is 16.9 Å². The lowest BCUT2D eigenvalue weighted by Crippen LogP contribution is -2.12. The topological polar surface area (TPSA) is 70.7 Å². The molecule has 27 heavy (non-hydrogen) atoms. The monoisotopic (exact) mass is 370 g/mol. The molecule has 2 N–H and O–H groups in total. The maximum Gasteiger partial charge on any atom is 0.275 e. The summed E-state index contributed by atoms with van der Waals surface area (Å²) >= 11 is 1.44. The van der Waals surface area contributed by atoms with Gasteiger partial charge in [0.1, 0.15) is 10.7 Å². The van der Waals surface area contributed by atoms with Crippen LogP contribution in [-0.4, -0.2) is 20.9 Å². The van der Waals surface area contributed by atoms with Gasteiger partial charge in [-0.3, -0.25) is 9.78 Å². The Morgan fingerprint density at radius 2 is 1.85 bits per heavy atom. The molecular formula is C21H14N4OS. The number of hydrogen-bond donors (Lipinski definition) is 2. The number of H-pyrrole nitrogens is 1. The molecular weight excluding hydrogens is 356 g/mol. The molecule has 0 atom stereocenters. The predicted octanol–water partition coefficient (Wildman–Crippen LogP) is 5.09. The molecule has 0 saturated heterocycles. The van der Waals surface area contributed by atoms with Crippen molar-refractivity contribution in [2.75, 3.05) is 5.32 Å². The fraction of sp³-hybridized carbons (Fsp3) is 0. The van der Waals surface area contributed by atoms with Crippen molar-refractivity contribution in [1.29, 1.82) is 0 Å². The highest BCUT2D eigenvalue weighted by molar-refractivity contribution is 7.13. The number of benzene rings is 2. The summed E-state index contributed by atoms with van der Waals surface area (Å²) in [6.07, 6.45) is 1.72. The Hall–Kier alpha value is -3.51. The average Bonchev–Trinajstić information content (AvgIpc) is 3.35. The van der Waals surface area contributed by atoms with Gasteiger partial charge in [-0.25, -0.2) is 4.98 Å². The van der Waals surface area contributed by atoms with Crippen molar-refractivity contribution >= 4 is 44.7 Å². The number of aromatic nitrogens is 3. The van der Waals surface area contributed by atoms with E-state index in [0.29, 0.717) is 11.4 Å². The number of thiazole rings is 1. The zero-order chi connectivity index (χ0) is 18.2. The largest absolute Gasteiger partial charge is 0.353 e. The van der Waals surface area contributed by atoms with Crippen molar-refractivity contribution in [1.82, 2.24) is 15.0 Å². The van der Waals surface area contributed by atoms with Gasteiger partial charge in [0.2, 0.25) is 0 Å². The number of aromatic amines is 1. The summed E-state index contributed by atoms with van der Waals surface area (Å²) in [6, 6.07) is 19.7. The van der Waals surface area contributed by atoms with Crippen LogP contribution in [0.4, 0.5) is 5.69 Å². The fourth-order valence-electron chi connectivity index (χ4n) is 3.08. The SMILES string of the molecule is O=C(Nc1cccc2cccnc12)c1csc(-c2cc3ccccc3[nH]2)n1. The number of rotatable bonds is 3. The van der Waals surface area contributed by atoms with Gasteiger partial charge in [0, 0.05) is 27.9 Å². The minimum Gasteiger partial charge on any atom is -0.353 e. The van der Waals surface area contributed by atoms with Gasteiger partial charge in [-0.15, -0.1) is 11.3 Å². The van der Waals surface area contributed by atoms with Gasteiger partial charge in [-0.1, -0.05) is 36.4 Å². The summed E-state index contributed by atoms with van der Waals surface area (Å²) in [5.41, 5.74) is 3.79. The molecule has 0 aliphatic rings. The third kappa shape index (κ3) is 2.86. The van der Waals surface area contributed by atoms with Crippen molar-refractivity contribution in [2.45, 2.75) is 0 Å². The Labute approximate surface area is 158 Å². The highest BCUT2D eigenvalue weighted by Gasteiger charge is 2.14. The number of nitrogens with zero attached hydrogens (tertiary/aromatic N) is 2. The molecule has 0 bridgehead atoms. The van der Waals surface area contributed by atoms with E-state index in [1.807, 2.05) is 60.7 Å². The van der Waals surface area contributed by atoms with Crippen LogP contribution in [0.1, 0.15) is 10.5 Å². The lowest BCUT2D eigenvalue weighted by molar-refractivity contribution is 0.102. The molecule has 3 heterocycles. The number of nitrogens with one attached hydrogen (secondary N) is 2. The molecule has 5 rings (SSSR count). The van der Waals surface area contributed by atoms with E-state index in [-0.39, 0.29) is 5.91 Å². The molecule has 130 valence electrons. The second kappa shape index (κ2) is 6.34. The Morgan fingerprint density at radius 3 is 2.78 bits per heavy atom. The maximum absolute atomic E-state index is 12.7. The molecule has 0 saturated carbocycles. The van der Waals surface area contributed by atoms with E-state index in [2.05, 4.69) is 20.3 Å². The lowest BCUT2D eigenvalue weighted by Gasteiger charge is -2.06. The first-order chi connectivity index (χ1) is 13.3. The van der Waals surface area contributed by atoms with Crippen LogP contribution in [0, 0.1) is 0 Å². The van der Waals surface area contributed by atoms with Gasteiger partial charge in [-0.2, -0.15) is 0 Å². The number of para-hydroxylation sites is 2. The second-order valence-electron chi connectivity index (χ2n) is 6.14. The van der Waals surface area contributed by atoms with Crippen LogP contribution < -0.4 is 5.32 Å². The van der Waals surface area contributed by atoms with Crippen molar-refractivity contribution in [3.8, 4) is 10.7 Å². The second-order valence-corrected chi connectivity index (χ2v) is 7.00. The maximum atomic E-state index is 12.7. The molecule has 2 aromatic carbocycles. The van der Waals surface area contributed by atoms with Gasteiger partial charge in [0.15, 0.2) is 0 Å². The smallest absolute Gasteiger partial charge is 0.275 e. The molecule has 0 fully saturated rings. The average molecular weight is 370 g/mol. The number of pyridine rings is 1. The molecule has 5 aromatic rings. The summed E-state index contributed by atoms with van der Waals surface area (Å²) < 4.78 is 0. The van der Waals surface area contributed by atoms with Crippen LogP contribution in [-0.2, 0) is 0 Å². The van der Waals surface area contributed by atoms with Gasteiger partial charge >= 0.3 is 0 Å². The fourth-order valence-corrected chi connectivity index (χ4v) is 3.85. The normalized spacial score (nSPS) is 11.1. The molecule has 1 amide bonds. The van der Waals surface area contributed by atoms with Gasteiger partial charge in [0.25, 0.3) is 5.91 Å². The Morgan fingerprint density at radius 1 is 1.00 bits per heavy atom. The minimum atomic E-state index is -0.244. The van der Waals surface area contributed by atoms with Crippen LogP contribution >= 0.6 is 11.3 Å². The standard InChI is InChI=1S/C21H14N4OS/c26-20(24-16-9-3-6-13-7-4-10-22-19(13)16)18-12-27-21(25-18)17-11-14-5-1-2-8-15(14)23-17/h1-12,23H,(H,24,26). The minimum absolute atomic E-state index is 0.244. The molecule has 5 nitrogen and oxygen atoms in total. The molecule has 0 aliphatic carbocycles. The Kier molecular flexibility index (Phi) is 3.69. The van der Waals surface area contributed by atoms with Gasteiger partial charge in [-0.05, 0) is 24.3 Å². The summed E-state index contributed by atoms with van der Waals surface area (Å²) in [6.45, 7) is 0. The van der Waals surface area contributed by atoms with E-state index in [1.54, 1.807) is 11.6 Å². The number of carbonyl (C=O) groups is 1. The van der Waals surface area contributed by atoms with Crippen LogP contribution in [0.2, 0.25) is 0 Å².